The normalized spacial score (nSPS) is 12.7. The van der Waals surface area contributed by atoms with E-state index in [1.54, 1.807) is 18.3 Å². The van der Waals surface area contributed by atoms with E-state index in [2.05, 4.69) is 10.2 Å². The predicted octanol–water partition coefficient (Wildman–Crippen LogP) is 1.72. The number of halogens is 1. The van der Waals surface area contributed by atoms with Gasteiger partial charge < -0.3 is 10.8 Å². The first kappa shape index (κ1) is 11.1. The lowest BCUT2D eigenvalue weighted by Crippen LogP contribution is -2.14. The van der Waals surface area contributed by atoms with Crippen LogP contribution in [0.25, 0.3) is 11.3 Å². The molecule has 0 spiro atoms. The number of H-pyrrole nitrogens is 1. The lowest BCUT2D eigenvalue weighted by Gasteiger charge is -2.10. The summed E-state index contributed by atoms with van der Waals surface area (Å²) in [5, 5.41) is 16.4. The Balaban J connectivity index is 2.45. The summed E-state index contributed by atoms with van der Waals surface area (Å²) in [7, 11) is 0. The molecule has 0 radical (unpaired) electrons. The molecule has 1 aromatic carbocycles. The quantitative estimate of drug-likeness (QED) is 0.761. The Morgan fingerprint density at radius 2 is 2.25 bits per heavy atom. The molecule has 16 heavy (non-hydrogen) atoms. The largest absolute Gasteiger partial charge is 0.394 e. The van der Waals surface area contributed by atoms with E-state index in [1.165, 1.54) is 0 Å². The minimum atomic E-state index is -0.394. The summed E-state index contributed by atoms with van der Waals surface area (Å²) in [6.45, 7) is -0.0956. The molecule has 0 aliphatic heterocycles. The van der Waals surface area contributed by atoms with E-state index in [-0.39, 0.29) is 6.61 Å². The number of nitrogens with two attached hydrogens (primary N) is 1. The topological polar surface area (TPSA) is 74.9 Å². The van der Waals surface area contributed by atoms with E-state index in [1.807, 2.05) is 12.1 Å². The first-order valence-corrected chi connectivity index (χ1v) is 5.26. The zero-order valence-electron chi connectivity index (χ0n) is 8.52. The van der Waals surface area contributed by atoms with Gasteiger partial charge in [0.15, 0.2) is 0 Å². The summed E-state index contributed by atoms with van der Waals surface area (Å²) in [4.78, 5) is 0. The first-order chi connectivity index (χ1) is 7.72. The summed E-state index contributed by atoms with van der Waals surface area (Å²) < 4.78 is 0. The maximum absolute atomic E-state index is 9.00. The molecule has 2 aromatic rings. The summed E-state index contributed by atoms with van der Waals surface area (Å²) in [6, 6.07) is 6.85. The number of aliphatic hydroxyl groups is 1. The Morgan fingerprint density at radius 1 is 1.44 bits per heavy atom. The lowest BCUT2D eigenvalue weighted by atomic mass is 10.0. The molecule has 0 unspecified atom stereocenters. The molecule has 0 aliphatic carbocycles. The van der Waals surface area contributed by atoms with Crippen LogP contribution < -0.4 is 5.73 Å². The fraction of sp³-hybridized carbons (Fsp3) is 0.182. The van der Waals surface area contributed by atoms with Gasteiger partial charge in [-0.25, -0.2) is 0 Å². The first-order valence-electron chi connectivity index (χ1n) is 4.88. The Labute approximate surface area is 98.1 Å². The van der Waals surface area contributed by atoms with Crippen molar-refractivity contribution < 1.29 is 5.11 Å². The molecule has 4 N–H and O–H groups in total. The van der Waals surface area contributed by atoms with Gasteiger partial charge in [0, 0.05) is 11.8 Å². The number of aromatic amines is 1. The van der Waals surface area contributed by atoms with Gasteiger partial charge in [-0.15, -0.1) is 0 Å². The molecule has 4 nitrogen and oxygen atoms in total. The molecule has 0 saturated heterocycles. The third-order valence-electron chi connectivity index (χ3n) is 2.39. The van der Waals surface area contributed by atoms with E-state index < -0.39 is 6.04 Å². The van der Waals surface area contributed by atoms with Gasteiger partial charge in [0.1, 0.15) is 0 Å². The fourth-order valence-electron chi connectivity index (χ4n) is 1.49. The van der Waals surface area contributed by atoms with Crippen LogP contribution in [0.15, 0.2) is 30.5 Å². The van der Waals surface area contributed by atoms with Crippen molar-refractivity contribution in [2.45, 2.75) is 6.04 Å². The van der Waals surface area contributed by atoms with Gasteiger partial charge in [0.25, 0.3) is 0 Å². The second-order valence-corrected chi connectivity index (χ2v) is 3.90. The third-order valence-corrected chi connectivity index (χ3v) is 2.72. The molecule has 2 rings (SSSR count). The Hall–Kier alpha value is -1.36. The highest BCUT2D eigenvalue weighted by molar-refractivity contribution is 6.33. The van der Waals surface area contributed by atoms with Crippen LogP contribution in [0.1, 0.15) is 11.6 Å². The predicted molar refractivity (Wildman–Crippen MR) is 63.0 cm³/mol. The van der Waals surface area contributed by atoms with Crippen LogP contribution in [0.5, 0.6) is 0 Å². The maximum Gasteiger partial charge on any atom is 0.0935 e. The lowest BCUT2D eigenvalue weighted by molar-refractivity contribution is 0.268. The summed E-state index contributed by atoms with van der Waals surface area (Å²) in [6.07, 6.45) is 1.73. The number of aromatic nitrogens is 2. The number of rotatable bonds is 3. The minimum Gasteiger partial charge on any atom is -0.394 e. The highest BCUT2D eigenvalue weighted by Gasteiger charge is 2.10. The molecule has 0 aliphatic rings. The Bertz CT molecular complexity index is 470. The number of nitrogens with one attached hydrogen (secondary N) is 1. The van der Waals surface area contributed by atoms with E-state index in [0.717, 1.165) is 16.8 Å². The van der Waals surface area contributed by atoms with Crippen LogP contribution in [0, 0.1) is 0 Å². The molecule has 0 saturated carbocycles. The standard InChI is InChI=1S/C11H12ClN3O/c12-9-2-1-7(10(13)6-16)5-8(9)11-3-4-14-15-11/h1-5,10,16H,6,13H2,(H,14,15)/t10-/m1/s1. The smallest absolute Gasteiger partial charge is 0.0935 e. The SMILES string of the molecule is N[C@H](CO)c1ccc(Cl)c(-c2cc[nH]n2)c1. The molecule has 1 heterocycles. The molecule has 84 valence electrons. The van der Waals surface area contributed by atoms with Crippen molar-refractivity contribution in [1.82, 2.24) is 10.2 Å². The summed E-state index contributed by atoms with van der Waals surface area (Å²) >= 11 is 6.08. The second-order valence-electron chi connectivity index (χ2n) is 3.49. The maximum atomic E-state index is 9.00. The number of hydrogen-bond donors (Lipinski definition) is 3. The van der Waals surface area contributed by atoms with Crippen molar-refractivity contribution in [2.75, 3.05) is 6.61 Å². The van der Waals surface area contributed by atoms with Gasteiger partial charge in [-0.1, -0.05) is 17.7 Å². The van der Waals surface area contributed by atoms with Crippen LogP contribution in [-0.4, -0.2) is 21.9 Å². The van der Waals surface area contributed by atoms with E-state index in [9.17, 15) is 0 Å². The molecule has 0 amide bonds. The van der Waals surface area contributed by atoms with Gasteiger partial charge in [0.2, 0.25) is 0 Å². The number of nitrogens with zero attached hydrogens (tertiary/aromatic N) is 1. The van der Waals surface area contributed by atoms with Crippen LogP contribution >= 0.6 is 11.6 Å². The van der Waals surface area contributed by atoms with Gasteiger partial charge in [-0.3, -0.25) is 5.10 Å². The summed E-state index contributed by atoms with van der Waals surface area (Å²) in [5.41, 5.74) is 8.15. The van der Waals surface area contributed by atoms with Gasteiger partial charge >= 0.3 is 0 Å². The highest BCUT2D eigenvalue weighted by Crippen LogP contribution is 2.28. The van der Waals surface area contributed by atoms with Crippen molar-refractivity contribution in [1.29, 1.82) is 0 Å². The zero-order valence-corrected chi connectivity index (χ0v) is 9.28. The monoisotopic (exact) mass is 237 g/mol. The fourth-order valence-corrected chi connectivity index (χ4v) is 1.70. The highest BCUT2D eigenvalue weighted by atomic mass is 35.5. The zero-order chi connectivity index (χ0) is 11.5. The van der Waals surface area contributed by atoms with E-state index >= 15 is 0 Å². The molecule has 1 aromatic heterocycles. The van der Waals surface area contributed by atoms with Crippen molar-refractivity contribution in [2.24, 2.45) is 5.73 Å². The van der Waals surface area contributed by atoms with Crippen molar-refractivity contribution >= 4 is 11.6 Å². The van der Waals surface area contributed by atoms with E-state index in [0.29, 0.717) is 5.02 Å². The molecule has 1 atom stereocenters. The Kier molecular flexibility index (Phi) is 3.24. The van der Waals surface area contributed by atoms with Gasteiger partial charge in [0.05, 0.1) is 23.4 Å². The molecule has 0 bridgehead atoms. The second kappa shape index (κ2) is 4.65. The number of aliphatic hydroxyl groups excluding tert-OH is 1. The average molecular weight is 238 g/mol. The summed E-state index contributed by atoms with van der Waals surface area (Å²) in [5.74, 6) is 0. The van der Waals surface area contributed by atoms with Crippen LogP contribution in [0.2, 0.25) is 5.02 Å². The van der Waals surface area contributed by atoms with Gasteiger partial charge in [-0.05, 0) is 23.8 Å². The Morgan fingerprint density at radius 3 is 2.88 bits per heavy atom. The van der Waals surface area contributed by atoms with Crippen molar-refractivity contribution in [3.63, 3.8) is 0 Å². The molecule has 5 heteroatoms. The number of benzene rings is 1. The number of hydrogen-bond acceptors (Lipinski definition) is 3. The van der Waals surface area contributed by atoms with Gasteiger partial charge in [-0.2, -0.15) is 5.10 Å². The van der Waals surface area contributed by atoms with Crippen molar-refractivity contribution in [3.8, 4) is 11.3 Å². The molecule has 0 fully saturated rings. The average Bonchev–Trinajstić information content (AvgIpc) is 2.82. The molecular formula is C11H12ClN3O. The van der Waals surface area contributed by atoms with Crippen LogP contribution in [-0.2, 0) is 0 Å². The van der Waals surface area contributed by atoms with E-state index in [4.69, 9.17) is 22.4 Å². The minimum absolute atomic E-state index is 0.0956. The van der Waals surface area contributed by atoms with Crippen molar-refractivity contribution in [3.05, 3.63) is 41.0 Å². The molecular weight excluding hydrogens is 226 g/mol. The van der Waals surface area contributed by atoms with Crippen LogP contribution in [0.4, 0.5) is 0 Å². The van der Waals surface area contributed by atoms with Crippen LogP contribution in [0.3, 0.4) is 0 Å². The third kappa shape index (κ3) is 2.09.